The van der Waals surface area contributed by atoms with Crippen molar-refractivity contribution in [3.05, 3.63) is 70.4 Å². The van der Waals surface area contributed by atoms with Gasteiger partial charge in [0.15, 0.2) is 0 Å². The monoisotopic (exact) mass is 367 g/mol. The molecule has 0 amide bonds. The Morgan fingerprint density at radius 3 is 2.56 bits per heavy atom. The summed E-state index contributed by atoms with van der Waals surface area (Å²) in [5.41, 5.74) is 4.85. The van der Waals surface area contributed by atoms with Gasteiger partial charge in [0, 0.05) is 17.8 Å². The van der Waals surface area contributed by atoms with Crippen molar-refractivity contribution in [1.29, 1.82) is 0 Å². The number of para-hydroxylation sites is 1. The number of ether oxygens (including phenoxy) is 1. The van der Waals surface area contributed by atoms with E-state index in [0.29, 0.717) is 17.9 Å². The van der Waals surface area contributed by atoms with E-state index < -0.39 is 0 Å². The number of carbonyl (C=O) groups excluding carboxylic acids is 1. The van der Waals surface area contributed by atoms with E-state index in [4.69, 9.17) is 14.3 Å². The molecule has 0 spiro atoms. The molecule has 6 heteroatoms. The van der Waals surface area contributed by atoms with Crippen LogP contribution in [0.4, 0.5) is 0 Å². The predicted molar refractivity (Wildman–Crippen MR) is 103 cm³/mol. The third kappa shape index (κ3) is 3.95. The zero-order chi connectivity index (χ0) is 19.6. The van der Waals surface area contributed by atoms with Crippen LogP contribution in [0.25, 0.3) is 5.69 Å². The van der Waals surface area contributed by atoms with E-state index in [1.807, 2.05) is 49.0 Å². The van der Waals surface area contributed by atoms with Gasteiger partial charge in [0.1, 0.15) is 17.1 Å². The Morgan fingerprint density at radius 1 is 1.19 bits per heavy atom. The smallest absolute Gasteiger partial charge is 0.341 e. The zero-order valence-corrected chi connectivity index (χ0v) is 16.4. The molecule has 0 aliphatic rings. The van der Waals surface area contributed by atoms with E-state index in [2.05, 4.69) is 11.8 Å². The first kappa shape index (κ1) is 18.9. The SMILES string of the molecule is COC(=O)c1cc(CN(C)Cc2c(C)nn(-c3ccccc3)c2C)oc1C. The Balaban J connectivity index is 1.76. The van der Waals surface area contributed by atoms with Crippen LogP contribution in [0.15, 0.2) is 40.8 Å². The van der Waals surface area contributed by atoms with Crippen molar-refractivity contribution < 1.29 is 13.9 Å². The normalized spacial score (nSPS) is 11.2. The van der Waals surface area contributed by atoms with Crippen LogP contribution >= 0.6 is 0 Å². The maximum Gasteiger partial charge on any atom is 0.341 e. The number of esters is 1. The van der Waals surface area contributed by atoms with Gasteiger partial charge >= 0.3 is 5.97 Å². The van der Waals surface area contributed by atoms with Gasteiger partial charge in [-0.25, -0.2) is 9.48 Å². The van der Waals surface area contributed by atoms with E-state index in [1.54, 1.807) is 13.0 Å². The standard InChI is InChI=1S/C21H25N3O3/c1-14-20(15(2)24(22-14)17-9-7-6-8-10-17)13-23(4)12-18-11-19(16(3)27-18)21(25)26-5/h6-11H,12-13H2,1-5H3. The summed E-state index contributed by atoms with van der Waals surface area (Å²) in [5.74, 6) is 0.941. The van der Waals surface area contributed by atoms with Crippen molar-refractivity contribution in [2.45, 2.75) is 33.9 Å². The van der Waals surface area contributed by atoms with E-state index in [1.165, 1.54) is 12.7 Å². The first-order chi connectivity index (χ1) is 12.9. The van der Waals surface area contributed by atoms with Gasteiger partial charge in [0.05, 0.1) is 25.0 Å². The third-order valence-electron chi connectivity index (χ3n) is 4.67. The molecule has 1 aromatic carbocycles. The number of rotatable bonds is 6. The maximum atomic E-state index is 11.7. The second kappa shape index (κ2) is 7.80. The van der Waals surface area contributed by atoms with Crippen LogP contribution in [0, 0.1) is 20.8 Å². The molecule has 27 heavy (non-hydrogen) atoms. The molecule has 2 aromatic heterocycles. The summed E-state index contributed by atoms with van der Waals surface area (Å²) in [7, 11) is 3.39. The number of furan rings is 1. The van der Waals surface area contributed by atoms with Crippen LogP contribution in [0.5, 0.6) is 0 Å². The number of nitrogens with zero attached hydrogens (tertiary/aromatic N) is 3. The second-order valence-electron chi connectivity index (χ2n) is 6.74. The van der Waals surface area contributed by atoms with Crippen LogP contribution in [-0.4, -0.2) is 34.8 Å². The van der Waals surface area contributed by atoms with E-state index in [-0.39, 0.29) is 5.97 Å². The Hall–Kier alpha value is -2.86. The summed E-state index contributed by atoms with van der Waals surface area (Å²) in [4.78, 5) is 13.9. The molecular weight excluding hydrogens is 342 g/mol. The largest absolute Gasteiger partial charge is 0.465 e. The molecule has 0 bridgehead atoms. The molecule has 0 radical (unpaired) electrons. The number of aromatic nitrogens is 2. The van der Waals surface area contributed by atoms with Gasteiger partial charge in [-0.05, 0) is 46.0 Å². The quantitative estimate of drug-likeness (QED) is 0.620. The Bertz CT molecular complexity index is 941. The minimum absolute atomic E-state index is 0.374. The summed E-state index contributed by atoms with van der Waals surface area (Å²) < 4.78 is 12.5. The molecule has 0 aliphatic carbocycles. The van der Waals surface area contributed by atoms with Crippen LogP contribution in [-0.2, 0) is 17.8 Å². The Kier molecular flexibility index (Phi) is 5.46. The molecule has 3 aromatic rings. The molecule has 0 atom stereocenters. The highest BCUT2D eigenvalue weighted by Gasteiger charge is 2.18. The number of benzene rings is 1. The summed E-state index contributed by atoms with van der Waals surface area (Å²) in [6.07, 6.45) is 0. The van der Waals surface area contributed by atoms with E-state index in [0.717, 1.165) is 29.4 Å². The van der Waals surface area contributed by atoms with Crippen molar-refractivity contribution in [2.24, 2.45) is 0 Å². The molecule has 0 unspecified atom stereocenters. The van der Waals surface area contributed by atoms with Crippen LogP contribution in [0.1, 0.15) is 38.8 Å². The molecule has 0 aliphatic heterocycles. The van der Waals surface area contributed by atoms with Crippen molar-refractivity contribution in [1.82, 2.24) is 14.7 Å². The fourth-order valence-corrected chi connectivity index (χ4v) is 3.25. The first-order valence-electron chi connectivity index (χ1n) is 8.87. The average Bonchev–Trinajstić information content (AvgIpc) is 3.15. The predicted octanol–water partition coefficient (Wildman–Crippen LogP) is 3.81. The summed E-state index contributed by atoms with van der Waals surface area (Å²) >= 11 is 0. The first-order valence-corrected chi connectivity index (χ1v) is 8.87. The Morgan fingerprint density at radius 2 is 1.89 bits per heavy atom. The molecule has 0 fully saturated rings. The van der Waals surface area contributed by atoms with Crippen LogP contribution < -0.4 is 0 Å². The average molecular weight is 367 g/mol. The lowest BCUT2D eigenvalue weighted by Crippen LogP contribution is -2.18. The molecule has 0 saturated heterocycles. The maximum absolute atomic E-state index is 11.7. The van der Waals surface area contributed by atoms with Crippen molar-refractivity contribution in [2.75, 3.05) is 14.2 Å². The summed E-state index contributed by atoms with van der Waals surface area (Å²) in [6, 6.07) is 11.9. The highest BCUT2D eigenvalue weighted by molar-refractivity contribution is 5.90. The minimum atomic E-state index is -0.374. The molecule has 0 N–H and O–H groups in total. The Labute approximate surface area is 159 Å². The fourth-order valence-electron chi connectivity index (χ4n) is 3.25. The summed E-state index contributed by atoms with van der Waals surface area (Å²) in [5, 5.41) is 4.70. The van der Waals surface area contributed by atoms with Gasteiger partial charge in [-0.1, -0.05) is 18.2 Å². The van der Waals surface area contributed by atoms with Gasteiger partial charge < -0.3 is 9.15 Å². The van der Waals surface area contributed by atoms with Gasteiger partial charge in [0.25, 0.3) is 0 Å². The number of aryl methyl sites for hydroxylation is 2. The van der Waals surface area contributed by atoms with E-state index >= 15 is 0 Å². The molecule has 3 rings (SSSR count). The lowest BCUT2D eigenvalue weighted by atomic mass is 10.2. The van der Waals surface area contributed by atoms with Crippen LogP contribution in [0.2, 0.25) is 0 Å². The van der Waals surface area contributed by atoms with Gasteiger partial charge in [-0.15, -0.1) is 0 Å². The third-order valence-corrected chi connectivity index (χ3v) is 4.67. The van der Waals surface area contributed by atoms with Gasteiger partial charge in [0.2, 0.25) is 0 Å². The topological polar surface area (TPSA) is 60.5 Å². The van der Waals surface area contributed by atoms with E-state index in [9.17, 15) is 4.79 Å². The zero-order valence-electron chi connectivity index (χ0n) is 16.4. The number of methoxy groups -OCH3 is 1. The fraction of sp³-hybridized carbons (Fsp3) is 0.333. The molecule has 0 saturated carbocycles. The van der Waals surface area contributed by atoms with Gasteiger partial charge in [-0.3, -0.25) is 4.90 Å². The van der Waals surface area contributed by atoms with Crippen molar-refractivity contribution in [3.8, 4) is 5.69 Å². The lowest BCUT2D eigenvalue weighted by Gasteiger charge is -2.15. The van der Waals surface area contributed by atoms with Crippen LogP contribution in [0.3, 0.4) is 0 Å². The molecular formula is C21H25N3O3. The minimum Gasteiger partial charge on any atom is -0.465 e. The van der Waals surface area contributed by atoms with Crippen molar-refractivity contribution >= 4 is 5.97 Å². The molecule has 6 nitrogen and oxygen atoms in total. The second-order valence-corrected chi connectivity index (χ2v) is 6.74. The highest BCUT2D eigenvalue weighted by Crippen LogP contribution is 2.21. The number of carbonyl (C=O) groups is 1. The molecule has 142 valence electrons. The van der Waals surface area contributed by atoms with Gasteiger partial charge in [-0.2, -0.15) is 5.10 Å². The highest BCUT2D eigenvalue weighted by atomic mass is 16.5. The lowest BCUT2D eigenvalue weighted by molar-refractivity contribution is 0.0599. The number of hydrogen-bond acceptors (Lipinski definition) is 5. The number of hydrogen-bond donors (Lipinski definition) is 0. The molecule has 2 heterocycles. The van der Waals surface area contributed by atoms with Crippen molar-refractivity contribution in [3.63, 3.8) is 0 Å². The summed E-state index contributed by atoms with van der Waals surface area (Å²) in [6.45, 7) is 7.21.